The van der Waals surface area contributed by atoms with Gasteiger partial charge in [-0.3, -0.25) is 9.69 Å². The summed E-state index contributed by atoms with van der Waals surface area (Å²) in [4.78, 5) is 15.0. The maximum atomic E-state index is 12.6. The zero-order chi connectivity index (χ0) is 15.6. The van der Waals surface area contributed by atoms with E-state index in [2.05, 4.69) is 25.6 Å². The minimum atomic E-state index is -0.0765. The van der Waals surface area contributed by atoms with Crippen LogP contribution < -0.4 is 5.32 Å². The third-order valence-corrected chi connectivity index (χ3v) is 4.81. The van der Waals surface area contributed by atoms with Crippen LogP contribution >= 0.6 is 0 Å². The quantitative estimate of drug-likeness (QED) is 0.881. The van der Waals surface area contributed by atoms with Gasteiger partial charge in [-0.25, -0.2) is 0 Å². The lowest BCUT2D eigenvalue weighted by Crippen LogP contribution is -2.52. The van der Waals surface area contributed by atoms with Gasteiger partial charge < -0.3 is 10.1 Å². The highest BCUT2D eigenvalue weighted by Gasteiger charge is 2.34. The molecule has 1 aromatic carbocycles. The van der Waals surface area contributed by atoms with E-state index < -0.39 is 0 Å². The molecule has 0 saturated carbocycles. The van der Waals surface area contributed by atoms with Crippen LogP contribution in [-0.4, -0.2) is 64.6 Å². The molecule has 0 unspecified atom stereocenters. The van der Waals surface area contributed by atoms with Crippen molar-refractivity contribution in [3.63, 3.8) is 0 Å². The van der Waals surface area contributed by atoms with E-state index >= 15 is 0 Å². The maximum absolute atomic E-state index is 12.6. The van der Waals surface area contributed by atoms with E-state index in [0.29, 0.717) is 24.3 Å². The van der Waals surface area contributed by atoms with Crippen LogP contribution in [0.25, 0.3) is 11.0 Å². The molecule has 1 aromatic heterocycles. The van der Waals surface area contributed by atoms with Gasteiger partial charge in [-0.15, -0.1) is 0 Å². The molecule has 0 bridgehead atoms. The van der Waals surface area contributed by atoms with E-state index in [1.807, 2.05) is 0 Å². The number of carbonyl (C=O) groups excluding carboxylic acids is 1. The number of ether oxygens (including phenoxy) is 1. The number of amides is 1. The van der Waals surface area contributed by atoms with Crippen molar-refractivity contribution >= 4 is 16.9 Å². The monoisotopic (exact) mass is 315 g/mol. The summed E-state index contributed by atoms with van der Waals surface area (Å²) < 4.78 is 5.63. The Labute approximate surface area is 134 Å². The van der Waals surface area contributed by atoms with Crippen LogP contribution in [0.15, 0.2) is 18.2 Å². The first kappa shape index (κ1) is 14.6. The van der Waals surface area contributed by atoms with E-state index in [0.717, 1.165) is 18.6 Å². The van der Waals surface area contributed by atoms with Crippen molar-refractivity contribution in [2.45, 2.75) is 31.3 Å². The van der Waals surface area contributed by atoms with Crippen molar-refractivity contribution in [3.05, 3.63) is 23.8 Å². The molecule has 2 N–H and O–H groups in total. The molecule has 0 radical (unpaired) electrons. The van der Waals surface area contributed by atoms with Gasteiger partial charge in [0.25, 0.3) is 5.91 Å². The topological polar surface area (TPSA) is 83.1 Å². The number of hydrogen-bond donors (Lipinski definition) is 2. The van der Waals surface area contributed by atoms with Gasteiger partial charge in [0.1, 0.15) is 11.0 Å². The van der Waals surface area contributed by atoms with Gasteiger partial charge >= 0.3 is 0 Å². The summed E-state index contributed by atoms with van der Waals surface area (Å²) >= 11 is 0. The molecule has 2 fully saturated rings. The summed E-state index contributed by atoms with van der Waals surface area (Å²) in [5.41, 5.74) is 2.07. The van der Waals surface area contributed by atoms with Crippen molar-refractivity contribution in [3.8, 4) is 0 Å². The van der Waals surface area contributed by atoms with Crippen LogP contribution in [0.5, 0.6) is 0 Å². The molecule has 1 amide bonds. The Morgan fingerprint density at radius 2 is 2.00 bits per heavy atom. The van der Waals surface area contributed by atoms with E-state index in [-0.39, 0.29) is 18.0 Å². The number of nitrogens with zero attached hydrogens (tertiary/aromatic N) is 3. The van der Waals surface area contributed by atoms with Gasteiger partial charge in [0.2, 0.25) is 0 Å². The lowest BCUT2D eigenvalue weighted by molar-refractivity contribution is 0.0900. The van der Waals surface area contributed by atoms with Gasteiger partial charge in [-0.2, -0.15) is 15.4 Å². The number of fused-ring (bicyclic) bond motifs is 1. The Balaban J connectivity index is 1.46. The Bertz CT molecular complexity index is 695. The fraction of sp³-hybridized carbons (Fsp3) is 0.562. The predicted molar refractivity (Wildman–Crippen MR) is 85.2 cm³/mol. The largest absolute Gasteiger partial charge is 0.378 e. The standard InChI is InChI=1S/C16H21N5O2/c22-16(11-4-5-12-13(8-11)19-20-18-12)17-14-9-23-10-15(14)21-6-2-1-3-7-21/h4-5,8,14-15H,1-3,6-7,9-10H2,(H,17,22)(H,18,19,20)/t14-,15-/m1/s1. The second-order valence-electron chi connectivity index (χ2n) is 6.31. The van der Waals surface area contributed by atoms with Crippen LogP contribution in [-0.2, 0) is 4.74 Å². The predicted octanol–water partition coefficient (Wildman–Crippen LogP) is 0.941. The van der Waals surface area contributed by atoms with E-state index in [4.69, 9.17) is 4.74 Å². The van der Waals surface area contributed by atoms with Gasteiger partial charge in [0.05, 0.1) is 25.3 Å². The lowest BCUT2D eigenvalue weighted by atomic mass is 10.0. The number of piperidine rings is 1. The first-order chi connectivity index (χ1) is 11.3. The second-order valence-corrected chi connectivity index (χ2v) is 6.31. The molecule has 0 spiro atoms. The fourth-order valence-electron chi connectivity index (χ4n) is 3.52. The smallest absolute Gasteiger partial charge is 0.251 e. The summed E-state index contributed by atoms with van der Waals surface area (Å²) in [6.07, 6.45) is 3.78. The van der Waals surface area contributed by atoms with Crippen LogP contribution in [0.1, 0.15) is 29.6 Å². The van der Waals surface area contributed by atoms with Gasteiger partial charge in [-0.1, -0.05) is 6.42 Å². The van der Waals surface area contributed by atoms with Crippen LogP contribution in [0.2, 0.25) is 0 Å². The maximum Gasteiger partial charge on any atom is 0.251 e. The minimum Gasteiger partial charge on any atom is -0.378 e. The third kappa shape index (κ3) is 2.94. The van der Waals surface area contributed by atoms with Crippen LogP contribution in [0, 0.1) is 0 Å². The average Bonchev–Trinajstić information content (AvgIpc) is 3.23. The number of rotatable bonds is 3. The first-order valence-electron chi connectivity index (χ1n) is 8.24. The molecule has 23 heavy (non-hydrogen) atoms. The number of carbonyl (C=O) groups is 1. The van der Waals surface area contributed by atoms with Gasteiger partial charge in [-0.05, 0) is 44.1 Å². The number of likely N-dealkylation sites (tertiary alicyclic amines) is 1. The third-order valence-electron chi connectivity index (χ3n) is 4.81. The molecule has 2 aliphatic heterocycles. The van der Waals surface area contributed by atoms with E-state index in [9.17, 15) is 4.79 Å². The van der Waals surface area contributed by atoms with E-state index in [1.165, 1.54) is 19.3 Å². The molecule has 2 aromatic rings. The number of hydrogen-bond acceptors (Lipinski definition) is 5. The average molecular weight is 315 g/mol. The van der Waals surface area contributed by atoms with Crippen LogP contribution in [0.4, 0.5) is 0 Å². The number of benzene rings is 1. The molecule has 2 aliphatic rings. The molecule has 122 valence electrons. The summed E-state index contributed by atoms with van der Waals surface area (Å²) in [5, 5.41) is 13.7. The summed E-state index contributed by atoms with van der Waals surface area (Å²) in [6.45, 7) is 3.49. The SMILES string of the molecule is O=C(N[C@@H]1COC[C@H]1N1CCCCC1)c1ccc2n[nH]nc2c1. The number of aromatic amines is 1. The minimum absolute atomic E-state index is 0.0496. The summed E-state index contributed by atoms with van der Waals surface area (Å²) in [7, 11) is 0. The summed E-state index contributed by atoms with van der Waals surface area (Å²) in [6, 6.07) is 5.69. The van der Waals surface area contributed by atoms with Crippen molar-refractivity contribution in [2.24, 2.45) is 0 Å². The van der Waals surface area contributed by atoms with Crippen molar-refractivity contribution in [2.75, 3.05) is 26.3 Å². The Morgan fingerprint density at radius 1 is 1.17 bits per heavy atom. The molecule has 3 heterocycles. The lowest BCUT2D eigenvalue weighted by Gasteiger charge is -2.34. The van der Waals surface area contributed by atoms with Crippen molar-refractivity contribution < 1.29 is 9.53 Å². The number of nitrogens with one attached hydrogen (secondary N) is 2. The van der Waals surface area contributed by atoms with E-state index in [1.54, 1.807) is 18.2 Å². The molecular formula is C16H21N5O2. The molecular weight excluding hydrogens is 294 g/mol. The van der Waals surface area contributed by atoms with Crippen LogP contribution in [0.3, 0.4) is 0 Å². The molecule has 4 rings (SSSR count). The fourth-order valence-corrected chi connectivity index (χ4v) is 3.52. The highest BCUT2D eigenvalue weighted by atomic mass is 16.5. The highest BCUT2D eigenvalue weighted by molar-refractivity contribution is 5.97. The van der Waals surface area contributed by atoms with Crippen molar-refractivity contribution in [1.82, 2.24) is 25.6 Å². The molecule has 7 heteroatoms. The molecule has 7 nitrogen and oxygen atoms in total. The van der Waals surface area contributed by atoms with Gasteiger partial charge in [0, 0.05) is 5.56 Å². The zero-order valence-corrected chi connectivity index (χ0v) is 13.0. The molecule has 2 atom stereocenters. The number of aromatic nitrogens is 3. The second kappa shape index (κ2) is 6.25. The normalized spacial score (nSPS) is 25.7. The Hall–Kier alpha value is -1.99. The highest BCUT2D eigenvalue weighted by Crippen LogP contribution is 2.19. The van der Waals surface area contributed by atoms with Gasteiger partial charge in [0.15, 0.2) is 0 Å². The Morgan fingerprint density at radius 3 is 2.87 bits per heavy atom. The first-order valence-corrected chi connectivity index (χ1v) is 8.24. The molecule has 2 saturated heterocycles. The van der Waals surface area contributed by atoms with Crippen molar-refractivity contribution in [1.29, 1.82) is 0 Å². The Kier molecular flexibility index (Phi) is 3.97. The molecule has 0 aliphatic carbocycles. The summed E-state index contributed by atoms with van der Waals surface area (Å²) in [5.74, 6) is -0.0765. The zero-order valence-electron chi connectivity index (χ0n) is 13.0. The number of H-pyrrole nitrogens is 1.